The summed E-state index contributed by atoms with van der Waals surface area (Å²) < 4.78 is 38.4. The molecule has 0 spiro atoms. The molecule has 26 heavy (non-hydrogen) atoms. The van der Waals surface area contributed by atoms with Crippen LogP contribution in [0.1, 0.15) is 48.9 Å². The topological polar surface area (TPSA) is 101 Å². The summed E-state index contributed by atoms with van der Waals surface area (Å²) in [4.78, 5) is 12.4. The molecule has 0 saturated heterocycles. The zero-order valence-electron chi connectivity index (χ0n) is 13.7. The SMILES string of the molecule is O=C(OC12CC3CC(CC(C3)C1)C2)c1cc(I)c(S(=O)(=O)O)c(I)c1O. The third kappa shape index (κ3) is 3.26. The number of esters is 1. The van der Waals surface area contributed by atoms with E-state index in [1.165, 1.54) is 25.3 Å². The second-order valence-electron chi connectivity index (χ2n) is 7.86. The fourth-order valence-electron chi connectivity index (χ4n) is 5.39. The summed E-state index contributed by atoms with van der Waals surface area (Å²) in [5.41, 5.74) is -0.501. The van der Waals surface area contributed by atoms with Crippen molar-refractivity contribution in [3.8, 4) is 5.75 Å². The highest BCUT2D eigenvalue weighted by Gasteiger charge is 2.53. The van der Waals surface area contributed by atoms with Crippen LogP contribution in [0.5, 0.6) is 5.75 Å². The maximum Gasteiger partial charge on any atom is 0.342 e. The van der Waals surface area contributed by atoms with Gasteiger partial charge in [-0.3, -0.25) is 4.55 Å². The molecule has 0 radical (unpaired) electrons. The number of carbonyl (C=O) groups is 1. The van der Waals surface area contributed by atoms with Gasteiger partial charge in [0.2, 0.25) is 0 Å². The van der Waals surface area contributed by atoms with Gasteiger partial charge in [0.05, 0.1) is 3.57 Å². The number of rotatable bonds is 3. The summed E-state index contributed by atoms with van der Waals surface area (Å²) in [5.74, 6) is 0.759. The van der Waals surface area contributed by atoms with Crippen LogP contribution in [0.15, 0.2) is 11.0 Å². The van der Waals surface area contributed by atoms with Crippen LogP contribution in [0.4, 0.5) is 0 Å². The maximum atomic E-state index is 12.8. The molecule has 0 aromatic heterocycles. The first-order valence-corrected chi connectivity index (χ1v) is 12.1. The van der Waals surface area contributed by atoms with Crippen LogP contribution in [0.2, 0.25) is 0 Å². The number of halogens is 2. The van der Waals surface area contributed by atoms with E-state index in [1.54, 1.807) is 45.2 Å². The smallest absolute Gasteiger partial charge is 0.342 e. The first-order chi connectivity index (χ1) is 12.1. The van der Waals surface area contributed by atoms with Crippen molar-refractivity contribution >= 4 is 61.3 Å². The van der Waals surface area contributed by atoms with E-state index < -0.39 is 27.4 Å². The Kier molecular flexibility index (Phi) is 4.76. The van der Waals surface area contributed by atoms with Crippen LogP contribution in [0.25, 0.3) is 0 Å². The molecule has 142 valence electrons. The molecule has 1 aromatic rings. The number of hydrogen-bond donors (Lipinski definition) is 2. The Morgan fingerprint density at radius 1 is 1.12 bits per heavy atom. The Hall–Kier alpha value is -0.140. The lowest BCUT2D eigenvalue weighted by molar-refractivity contribution is -0.131. The van der Waals surface area contributed by atoms with Gasteiger partial charge in [0, 0.05) is 3.57 Å². The quantitative estimate of drug-likeness (QED) is 0.308. The summed E-state index contributed by atoms with van der Waals surface area (Å²) in [6, 6.07) is 1.27. The van der Waals surface area contributed by atoms with E-state index in [9.17, 15) is 22.9 Å². The normalized spacial score (nSPS) is 32.7. The molecule has 4 aliphatic carbocycles. The minimum atomic E-state index is -4.50. The Balaban J connectivity index is 1.65. The molecule has 4 aliphatic rings. The largest absolute Gasteiger partial charge is 0.506 e. The van der Waals surface area contributed by atoms with Crippen molar-refractivity contribution in [1.82, 2.24) is 0 Å². The van der Waals surface area contributed by atoms with E-state index in [-0.39, 0.29) is 17.6 Å². The number of hydrogen-bond acceptors (Lipinski definition) is 5. The van der Waals surface area contributed by atoms with Crippen LogP contribution in [0.3, 0.4) is 0 Å². The highest BCUT2D eigenvalue weighted by molar-refractivity contribution is 14.1. The molecule has 4 fully saturated rings. The van der Waals surface area contributed by atoms with E-state index in [0.29, 0.717) is 17.8 Å². The second kappa shape index (κ2) is 6.45. The molecule has 0 amide bonds. The fourth-order valence-corrected chi connectivity index (χ4v) is 9.37. The molecule has 0 unspecified atom stereocenters. The van der Waals surface area contributed by atoms with Crippen LogP contribution in [-0.2, 0) is 14.9 Å². The Morgan fingerprint density at radius 2 is 1.62 bits per heavy atom. The molecular weight excluding hydrogens is 586 g/mol. The van der Waals surface area contributed by atoms with Crippen molar-refractivity contribution < 1.29 is 27.6 Å². The average molecular weight is 604 g/mol. The van der Waals surface area contributed by atoms with Gasteiger partial charge in [0.1, 0.15) is 21.8 Å². The lowest BCUT2D eigenvalue weighted by Crippen LogP contribution is -2.52. The minimum Gasteiger partial charge on any atom is -0.506 e. The van der Waals surface area contributed by atoms with Crippen molar-refractivity contribution in [2.24, 2.45) is 17.8 Å². The zero-order valence-corrected chi connectivity index (χ0v) is 18.9. The van der Waals surface area contributed by atoms with Crippen molar-refractivity contribution in [2.75, 3.05) is 0 Å². The number of phenols is 1. The first-order valence-electron chi connectivity index (χ1n) is 8.50. The molecule has 0 atom stereocenters. The van der Waals surface area contributed by atoms with Crippen molar-refractivity contribution in [3.05, 3.63) is 18.8 Å². The van der Waals surface area contributed by atoms with E-state index >= 15 is 0 Å². The highest BCUT2D eigenvalue weighted by atomic mass is 127. The molecule has 2 N–H and O–H groups in total. The van der Waals surface area contributed by atoms with E-state index in [4.69, 9.17) is 4.74 Å². The van der Waals surface area contributed by atoms with Crippen molar-refractivity contribution in [1.29, 1.82) is 0 Å². The summed E-state index contributed by atoms with van der Waals surface area (Å²) >= 11 is 3.35. The minimum absolute atomic E-state index is 0.0538. The predicted molar refractivity (Wildman–Crippen MR) is 110 cm³/mol. The number of aromatic hydroxyl groups is 1. The maximum absolute atomic E-state index is 12.8. The fraction of sp³-hybridized carbons (Fsp3) is 0.588. The molecule has 4 saturated carbocycles. The molecule has 4 bridgehead atoms. The standard InChI is InChI=1S/C17H18I2O6S/c18-12-4-11(14(20)13(19)15(12)26(22,23)24)16(21)25-17-5-8-1-9(6-17)3-10(2-8)7-17/h4,8-10,20H,1-3,5-7H2,(H,22,23,24). The number of carbonyl (C=O) groups excluding carboxylic acids is 1. The number of ether oxygens (including phenoxy) is 1. The molecule has 1 aromatic carbocycles. The average Bonchev–Trinajstić information content (AvgIpc) is 2.47. The molecule has 9 heteroatoms. The lowest BCUT2D eigenvalue weighted by Gasteiger charge is -2.55. The first kappa shape index (κ1) is 19.2. The molecule has 5 rings (SSSR count). The van der Waals surface area contributed by atoms with Gasteiger partial charge < -0.3 is 9.84 Å². The highest BCUT2D eigenvalue weighted by Crippen LogP contribution is 2.57. The zero-order chi connectivity index (χ0) is 18.9. The Labute approximate surface area is 179 Å². The van der Waals surface area contributed by atoms with Crippen molar-refractivity contribution in [2.45, 2.75) is 49.0 Å². The van der Waals surface area contributed by atoms with Gasteiger partial charge in [-0.25, -0.2) is 4.79 Å². The summed E-state index contributed by atoms with van der Waals surface area (Å²) in [5, 5.41) is 10.4. The monoisotopic (exact) mass is 604 g/mol. The van der Waals surface area contributed by atoms with E-state index in [2.05, 4.69) is 0 Å². The van der Waals surface area contributed by atoms with Gasteiger partial charge in [-0.2, -0.15) is 8.42 Å². The molecule has 0 heterocycles. The van der Waals surface area contributed by atoms with Gasteiger partial charge in [0.15, 0.2) is 0 Å². The van der Waals surface area contributed by atoms with Gasteiger partial charge in [-0.1, -0.05) is 0 Å². The van der Waals surface area contributed by atoms with Gasteiger partial charge >= 0.3 is 5.97 Å². The predicted octanol–water partition coefficient (Wildman–Crippen LogP) is 3.97. The number of benzene rings is 1. The van der Waals surface area contributed by atoms with Gasteiger partial charge in [-0.15, -0.1) is 0 Å². The van der Waals surface area contributed by atoms with Crippen LogP contribution in [-0.4, -0.2) is 29.6 Å². The van der Waals surface area contributed by atoms with Gasteiger partial charge in [-0.05, 0) is 108 Å². The number of phenolic OH excluding ortho intramolecular Hbond substituents is 1. The van der Waals surface area contributed by atoms with Crippen molar-refractivity contribution in [3.63, 3.8) is 0 Å². The second-order valence-corrected chi connectivity index (χ2v) is 11.5. The summed E-state index contributed by atoms with van der Waals surface area (Å²) in [6.45, 7) is 0. The molecule has 0 aliphatic heterocycles. The van der Waals surface area contributed by atoms with Crippen LogP contribution in [0, 0.1) is 24.9 Å². The third-order valence-corrected chi connectivity index (χ3v) is 9.49. The Morgan fingerprint density at radius 3 is 2.08 bits per heavy atom. The van der Waals surface area contributed by atoms with E-state index in [0.717, 1.165) is 19.3 Å². The summed E-state index contributed by atoms with van der Waals surface area (Å²) in [7, 11) is -4.50. The van der Waals surface area contributed by atoms with E-state index in [1.807, 2.05) is 0 Å². The van der Waals surface area contributed by atoms with Crippen LogP contribution >= 0.6 is 45.2 Å². The molecular formula is C17H18I2O6S. The third-order valence-electron chi connectivity index (χ3n) is 5.92. The Bertz CT molecular complexity index is 860. The van der Waals surface area contributed by atoms with Crippen LogP contribution < -0.4 is 0 Å². The lowest BCUT2D eigenvalue weighted by atomic mass is 9.54. The molecule has 6 nitrogen and oxygen atoms in total. The summed E-state index contributed by atoms with van der Waals surface area (Å²) in [6.07, 6.45) is 6.30. The van der Waals surface area contributed by atoms with Gasteiger partial charge in [0.25, 0.3) is 10.1 Å².